The molecule has 1 saturated heterocycles. The second kappa shape index (κ2) is 7.56. The SMILES string of the molecule is CCC(NC(=O)c1cc(C2CCNC2)[nH]n1)c1cccc(S(N)(=O)=O)c1. The van der Waals surface area contributed by atoms with Crippen molar-refractivity contribution in [2.45, 2.75) is 36.6 Å². The molecule has 1 aromatic heterocycles. The largest absolute Gasteiger partial charge is 0.344 e. The van der Waals surface area contributed by atoms with Gasteiger partial charge in [-0.25, -0.2) is 13.6 Å². The van der Waals surface area contributed by atoms with Gasteiger partial charge >= 0.3 is 0 Å². The lowest BCUT2D eigenvalue weighted by Crippen LogP contribution is -2.28. The molecule has 0 saturated carbocycles. The summed E-state index contributed by atoms with van der Waals surface area (Å²) in [5, 5.41) is 18.4. The number of hydrogen-bond donors (Lipinski definition) is 4. The van der Waals surface area contributed by atoms with Crippen molar-refractivity contribution in [1.82, 2.24) is 20.8 Å². The molecule has 1 aliphatic heterocycles. The quantitative estimate of drug-likeness (QED) is 0.597. The van der Waals surface area contributed by atoms with E-state index in [1.54, 1.807) is 18.2 Å². The Morgan fingerprint density at radius 2 is 2.23 bits per heavy atom. The number of H-pyrrole nitrogens is 1. The van der Waals surface area contributed by atoms with Gasteiger partial charge in [0.05, 0.1) is 10.9 Å². The summed E-state index contributed by atoms with van der Waals surface area (Å²) in [6, 6.07) is 7.75. The summed E-state index contributed by atoms with van der Waals surface area (Å²) in [5.41, 5.74) is 1.96. The molecule has 9 heteroatoms. The van der Waals surface area contributed by atoms with Crippen molar-refractivity contribution in [3.8, 4) is 0 Å². The number of sulfonamides is 1. The van der Waals surface area contributed by atoms with Crippen LogP contribution in [-0.4, -0.2) is 37.6 Å². The van der Waals surface area contributed by atoms with Crippen molar-refractivity contribution in [1.29, 1.82) is 0 Å². The summed E-state index contributed by atoms with van der Waals surface area (Å²) >= 11 is 0. The van der Waals surface area contributed by atoms with Gasteiger partial charge in [0.1, 0.15) is 5.69 Å². The van der Waals surface area contributed by atoms with Gasteiger partial charge in [0.15, 0.2) is 0 Å². The van der Waals surface area contributed by atoms with Crippen LogP contribution in [0.3, 0.4) is 0 Å². The third-order valence-corrected chi connectivity index (χ3v) is 5.54. The van der Waals surface area contributed by atoms with Gasteiger partial charge in [0.25, 0.3) is 5.91 Å². The molecule has 0 aliphatic carbocycles. The van der Waals surface area contributed by atoms with Gasteiger partial charge < -0.3 is 10.6 Å². The Hall–Kier alpha value is -2.23. The molecule has 8 nitrogen and oxygen atoms in total. The molecule has 2 aromatic rings. The van der Waals surface area contributed by atoms with Gasteiger partial charge in [-0.15, -0.1) is 0 Å². The lowest BCUT2D eigenvalue weighted by atomic mass is 10.0. The fourth-order valence-corrected chi connectivity index (χ4v) is 3.71. The van der Waals surface area contributed by atoms with Crippen LogP contribution in [0.2, 0.25) is 0 Å². The Morgan fingerprint density at radius 1 is 1.42 bits per heavy atom. The van der Waals surface area contributed by atoms with Crippen molar-refractivity contribution in [3.63, 3.8) is 0 Å². The number of aromatic amines is 1. The average molecular weight is 377 g/mol. The Kier molecular flexibility index (Phi) is 5.40. The summed E-state index contributed by atoms with van der Waals surface area (Å²) in [4.78, 5) is 12.6. The van der Waals surface area contributed by atoms with Crippen LogP contribution in [0.15, 0.2) is 35.2 Å². The Balaban J connectivity index is 1.75. The van der Waals surface area contributed by atoms with E-state index in [-0.39, 0.29) is 16.8 Å². The van der Waals surface area contributed by atoms with Gasteiger partial charge in [-0.05, 0) is 43.1 Å². The van der Waals surface area contributed by atoms with E-state index in [9.17, 15) is 13.2 Å². The normalized spacial score (nSPS) is 18.6. The molecule has 1 aromatic carbocycles. The van der Waals surface area contributed by atoms with Gasteiger partial charge in [-0.2, -0.15) is 5.10 Å². The maximum atomic E-state index is 12.5. The molecular formula is C17H23N5O3S. The lowest BCUT2D eigenvalue weighted by Gasteiger charge is -2.17. The van der Waals surface area contributed by atoms with Gasteiger partial charge in [-0.3, -0.25) is 9.89 Å². The number of nitrogens with two attached hydrogens (primary N) is 1. The van der Waals surface area contributed by atoms with Gasteiger partial charge in [0, 0.05) is 18.2 Å². The van der Waals surface area contributed by atoms with Gasteiger partial charge in [0.2, 0.25) is 10.0 Å². The second-order valence-corrected chi connectivity index (χ2v) is 8.01. The van der Waals surface area contributed by atoms with Crippen LogP contribution in [0.1, 0.15) is 53.5 Å². The Morgan fingerprint density at radius 3 is 2.88 bits per heavy atom. The van der Waals surface area contributed by atoms with Crippen LogP contribution in [0.25, 0.3) is 0 Å². The van der Waals surface area contributed by atoms with E-state index in [2.05, 4.69) is 20.8 Å². The minimum atomic E-state index is -3.79. The molecule has 140 valence electrons. The molecule has 0 bridgehead atoms. The Bertz CT molecular complexity index is 887. The van der Waals surface area contributed by atoms with E-state index >= 15 is 0 Å². The molecule has 2 heterocycles. The van der Waals surface area contributed by atoms with E-state index < -0.39 is 10.0 Å². The van der Waals surface area contributed by atoms with Crippen molar-refractivity contribution in [3.05, 3.63) is 47.3 Å². The number of primary sulfonamides is 1. The molecule has 1 aliphatic rings. The zero-order chi connectivity index (χ0) is 18.7. The summed E-state index contributed by atoms with van der Waals surface area (Å²) in [7, 11) is -3.79. The molecule has 0 spiro atoms. The van der Waals surface area contributed by atoms with Gasteiger partial charge in [-0.1, -0.05) is 19.1 Å². The van der Waals surface area contributed by atoms with E-state index in [1.165, 1.54) is 12.1 Å². The monoisotopic (exact) mass is 377 g/mol. The highest BCUT2D eigenvalue weighted by Crippen LogP contribution is 2.22. The molecule has 0 radical (unpaired) electrons. The Labute approximate surface area is 152 Å². The highest BCUT2D eigenvalue weighted by Gasteiger charge is 2.22. The molecule has 1 amide bonds. The third-order valence-electron chi connectivity index (χ3n) is 4.63. The van der Waals surface area contributed by atoms with E-state index in [0.29, 0.717) is 23.6 Å². The summed E-state index contributed by atoms with van der Waals surface area (Å²) in [6.45, 7) is 3.75. The maximum absolute atomic E-state index is 12.5. The van der Waals surface area contributed by atoms with E-state index in [0.717, 1.165) is 25.2 Å². The zero-order valence-corrected chi connectivity index (χ0v) is 15.3. The number of carbonyl (C=O) groups excluding carboxylic acids is 1. The summed E-state index contributed by atoms with van der Waals surface area (Å²) in [6.07, 6.45) is 1.62. The van der Waals surface area contributed by atoms with Crippen LogP contribution in [0.4, 0.5) is 0 Å². The van der Waals surface area contributed by atoms with Crippen LogP contribution in [0, 0.1) is 0 Å². The second-order valence-electron chi connectivity index (χ2n) is 6.45. The predicted molar refractivity (Wildman–Crippen MR) is 97.1 cm³/mol. The first-order valence-corrected chi connectivity index (χ1v) is 10.1. The van der Waals surface area contributed by atoms with Crippen LogP contribution < -0.4 is 15.8 Å². The topological polar surface area (TPSA) is 130 Å². The first-order chi connectivity index (χ1) is 12.4. The third kappa shape index (κ3) is 4.12. The standard InChI is InChI=1S/C17H23N5O3S/c1-2-14(11-4-3-5-13(8-11)26(18,24)25)20-17(23)16-9-15(21-22-16)12-6-7-19-10-12/h3-5,8-9,12,14,19H,2,6-7,10H2,1H3,(H,20,23)(H,21,22)(H2,18,24,25). The number of nitrogens with zero attached hydrogens (tertiary/aromatic N) is 1. The minimum Gasteiger partial charge on any atom is -0.344 e. The smallest absolute Gasteiger partial charge is 0.272 e. The van der Waals surface area contributed by atoms with Crippen molar-refractivity contribution < 1.29 is 13.2 Å². The van der Waals surface area contributed by atoms with E-state index in [4.69, 9.17) is 5.14 Å². The average Bonchev–Trinajstić information content (AvgIpc) is 3.29. The first-order valence-electron chi connectivity index (χ1n) is 8.58. The molecule has 3 rings (SSSR count). The van der Waals surface area contributed by atoms with Crippen molar-refractivity contribution >= 4 is 15.9 Å². The number of benzene rings is 1. The molecule has 2 unspecified atom stereocenters. The fourth-order valence-electron chi connectivity index (χ4n) is 3.14. The van der Waals surface area contributed by atoms with Crippen molar-refractivity contribution in [2.75, 3.05) is 13.1 Å². The summed E-state index contributed by atoms with van der Waals surface area (Å²) in [5.74, 6) is 0.0452. The number of nitrogens with one attached hydrogen (secondary N) is 3. The molecule has 5 N–H and O–H groups in total. The van der Waals surface area contributed by atoms with E-state index in [1.807, 2.05) is 6.92 Å². The number of amides is 1. The predicted octanol–water partition coefficient (Wildman–Crippen LogP) is 1.02. The number of rotatable bonds is 6. The number of aromatic nitrogens is 2. The highest BCUT2D eigenvalue weighted by atomic mass is 32.2. The summed E-state index contributed by atoms with van der Waals surface area (Å²) < 4.78 is 23.1. The van der Waals surface area contributed by atoms with Crippen molar-refractivity contribution in [2.24, 2.45) is 5.14 Å². The number of hydrogen-bond acceptors (Lipinski definition) is 5. The lowest BCUT2D eigenvalue weighted by molar-refractivity contribution is 0.0930. The molecule has 1 fully saturated rings. The first kappa shape index (κ1) is 18.6. The zero-order valence-electron chi connectivity index (χ0n) is 14.5. The van der Waals surface area contributed by atoms with Crippen LogP contribution in [0.5, 0.6) is 0 Å². The fraction of sp³-hybridized carbons (Fsp3) is 0.412. The maximum Gasteiger partial charge on any atom is 0.272 e. The van der Waals surface area contributed by atoms with Crippen LogP contribution >= 0.6 is 0 Å². The molecule has 2 atom stereocenters. The molecule has 26 heavy (non-hydrogen) atoms. The van der Waals surface area contributed by atoms with Crippen LogP contribution in [-0.2, 0) is 10.0 Å². The number of carbonyl (C=O) groups is 1. The minimum absolute atomic E-state index is 0.0264. The molecular weight excluding hydrogens is 354 g/mol. The highest BCUT2D eigenvalue weighted by molar-refractivity contribution is 7.89.